The Hall–Kier alpha value is -2.14. The van der Waals surface area contributed by atoms with Crippen molar-refractivity contribution in [2.75, 3.05) is 26.2 Å². The van der Waals surface area contributed by atoms with E-state index < -0.39 is 0 Å². The summed E-state index contributed by atoms with van der Waals surface area (Å²) >= 11 is 0. The van der Waals surface area contributed by atoms with Crippen LogP contribution in [0.15, 0.2) is 34.9 Å². The lowest BCUT2D eigenvalue weighted by atomic mass is 10.1. The highest BCUT2D eigenvalue weighted by molar-refractivity contribution is 5.79. The standard InChI is InChI=1S/C18H23N3O2/c1-14-17(15(2)23-19-14)12-18(22)21-10-8-20(9-11-21)13-16-6-4-3-5-7-16/h3-7H,8-13H2,1-2H3. The van der Waals surface area contributed by atoms with E-state index in [1.54, 1.807) is 0 Å². The summed E-state index contributed by atoms with van der Waals surface area (Å²) in [4.78, 5) is 16.8. The molecule has 0 N–H and O–H groups in total. The third kappa shape index (κ3) is 3.79. The zero-order valence-corrected chi connectivity index (χ0v) is 13.8. The summed E-state index contributed by atoms with van der Waals surface area (Å²) in [5.41, 5.74) is 3.07. The van der Waals surface area contributed by atoms with Crippen molar-refractivity contribution in [1.29, 1.82) is 0 Å². The molecule has 1 amide bonds. The van der Waals surface area contributed by atoms with Crippen molar-refractivity contribution >= 4 is 5.91 Å². The van der Waals surface area contributed by atoms with E-state index in [4.69, 9.17) is 4.52 Å². The highest BCUT2D eigenvalue weighted by Gasteiger charge is 2.23. The van der Waals surface area contributed by atoms with Crippen LogP contribution in [0, 0.1) is 13.8 Å². The van der Waals surface area contributed by atoms with Gasteiger partial charge in [0, 0.05) is 38.3 Å². The Balaban J connectivity index is 1.51. The number of benzene rings is 1. The lowest BCUT2D eigenvalue weighted by molar-refractivity contribution is -0.132. The molecule has 2 heterocycles. The quantitative estimate of drug-likeness (QED) is 0.868. The molecule has 122 valence electrons. The predicted molar refractivity (Wildman–Crippen MR) is 88.0 cm³/mol. The maximum Gasteiger partial charge on any atom is 0.227 e. The maximum atomic E-state index is 12.5. The number of carbonyl (C=O) groups is 1. The number of piperazine rings is 1. The minimum atomic E-state index is 0.166. The molecule has 5 heteroatoms. The van der Waals surface area contributed by atoms with Gasteiger partial charge in [0.05, 0.1) is 12.1 Å². The van der Waals surface area contributed by atoms with E-state index in [2.05, 4.69) is 34.3 Å². The van der Waals surface area contributed by atoms with Crippen molar-refractivity contribution in [2.24, 2.45) is 0 Å². The molecule has 1 fully saturated rings. The molecule has 0 unspecified atom stereocenters. The topological polar surface area (TPSA) is 49.6 Å². The minimum Gasteiger partial charge on any atom is -0.361 e. The molecule has 0 spiro atoms. The maximum absolute atomic E-state index is 12.5. The van der Waals surface area contributed by atoms with E-state index >= 15 is 0 Å². The highest BCUT2D eigenvalue weighted by Crippen LogP contribution is 2.15. The van der Waals surface area contributed by atoms with Crippen LogP contribution in [0.4, 0.5) is 0 Å². The largest absolute Gasteiger partial charge is 0.361 e. The Kier molecular flexibility index (Phi) is 4.76. The second kappa shape index (κ2) is 6.96. The lowest BCUT2D eigenvalue weighted by Crippen LogP contribution is -2.48. The zero-order valence-electron chi connectivity index (χ0n) is 13.8. The van der Waals surface area contributed by atoms with Gasteiger partial charge in [-0.15, -0.1) is 0 Å². The molecule has 1 aliphatic rings. The third-order valence-corrected chi connectivity index (χ3v) is 4.48. The fourth-order valence-electron chi connectivity index (χ4n) is 3.01. The summed E-state index contributed by atoms with van der Waals surface area (Å²) in [6.45, 7) is 8.11. The molecule has 2 aromatic rings. The van der Waals surface area contributed by atoms with E-state index in [0.717, 1.165) is 49.7 Å². The minimum absolute atomic E-state index is 0.166. The molecule has 5 nitrogen and oxygen atoms in total. The van der Waals surface area contributed by atoms with Gasteiger partial charge >= 0.3 is 0 Å². The Morgan fingerprint density at radius 3 is 2.43 bits per heavy atom. The van der Waals surface area contributed by atoms with Gasteiger partial charge in [0.1, 0.15) is 5.76 Å². The molecule has 0 radical (unpaired) electrons. The molecular weight excluding hydrogens is 290 g/mol. The molecule has 1 aliphatic heterocycles. The molecule has 0 bridgehead atoms. The summed E-state index contributed by atoms with van der Waals surface area (Å²) in [6.07, 6.45) is 0.389. The van der Waals surface area contributed by atoms with E-state index in [1.807, 2.05) is 24.8 Å². The number of hydrogen-bond acceptors (Lipinski definition) is 4. The normalized spacial score (nSPS) is 15.8. The molecule has 23 heavy (non-hydrogen) atoms. The molecule has 0 atom stereocenters. The smallest absolute Gasteiger partial charge is 0.227 e. The van der Waals surface area contributed by atoms with Crippen LogP contribution in [0.2, 0.25) is 0 Å². The number of amides is 1. The van der Waals surface area contributed by atoms with Crippen LogP contribution in [0.25, 0.3) is 0 Å². The monoisotopic (exact) mass is 313 g/mol. The fraction of sp³-hybridized carbons (Fsp3) is 0.444. The highest BCUT2D eigenvalue weighted by atomic mass is 16.5. The number of aromatic nitrogens is 1. The third-order valence-electron chi connectivity index (χ3n) is 4.48. The van der Waals surface area contributed by atoms with E-state index in [0.29, 0.717) is 6.42 Å². The van der Waals surface area contributed by atoms with E-state index in [1.165, 1.54) is 5.56 Å². The average Bonchev–Trinajstić information content (AvgIpc) is 2.88. The number of aryl methyl sites for hydroxylation is 2. The van der Waals surface area contributed by atoms with E-state index in [9.17, 15) is 4.79 Å². The zero-order chi connectivity index (χ0) is 16.2. The van der Waals surface area contributed by atoms with Crippen molar-refractivity contribution in [2.45, 2.75) is 26.8 Å². The number of carbonyl (C=O) groups excluding carboxylic acids is 1. The molecule has 0 aliphatic carbocycles. The van der Waals surface area contributed by atoms with Crippen LogP contribution in [-0.4, -0.2) is 47.0 Å². The molecule has 1 aromatic carbocycles. The van der Waals surface area contributed by atoms with Gasteiger partial charge in [-0.2, -0.15) is 0 Å². The summed E-state index contributed by atoms with van der Waals surface area (Å²) in [5, 5.41) is 3.92. The van der Waals surface area contributed by atoms with Crippen LogP contribution >= 0.6 is 0 Å². The summed E-state index contributed by atoms with van der Waals surface area (Å²) in [7, 11) is 0. The van der Waals surface area contributed by atoms with Crippen LogP contribution < -0.4 is 0 Å². The molecular formula is C18H23N3O2. The first-order valence-electron chi connectivity index (χ1n) is 8.09. The van der Waals surface area contributed by atoms with Gasteiger partial charge in [0.2, 0.25) is 5.91 Å². The Morgan fingerprint density at radius 2 is 1.83 bits per heavy atom. The van der Waals surface area contributed by atoms with Crippen LogP contribution in [0.1, 0.15) is 22.6 Å². The van der Waals surface area contributed by atoms with Gasteiger partial charge < -0.3 is 9.42 Å². The van der Waals surface area contributed by atoms with Crippen molar-refractivity contribution < 1.29 is 9.32 Å². The Bertz CT molecular complexity index is 639. The molecule has 1 saturated heterocycles. The van der Waals surface area contributed by atoms with Gasteiger partial charge in [0.15, 0.2) is 0 Å². The van der Waals surface area contributed by atoms with Gasteiger partial charge in [-0.3, -0.25) is 9.69 Å². The molecule has 3 rings (SSSR count). The average molecular weight is 313 g/mol. The van der Waals surface area contributed by atoms with Gasteiger partial charge in [-0.1, -0.05) is 35.5 Å². The van der Waals surface area contributed by atoms with Crippen LogP contribution in [0.3, 0.4) is 0 Å². The Labute approximate surface area is 136 Å². The van der Waals surface area contributed by atoms with Crippen molar-refractivity contribution in [3.63, 3.8) is 0 Å². The van der Waals surface area contributed by atoms with Crippen LogP contribution in [0.5, 0.6) is 0 Å². The van der Waals surface area contributed by atoms with Crippen molar-refractivity contribution in [1.82, 2.24) is 15.0 Å². The van der Waals surface area contributed by atoms with Gasteiger partial charge in [0.25, 0.3) is 0 Å². The molecule has 0 saturated carbocycles. The van der Waals surface area contributed by atoms with E-state index in [-0.39, 0.29) is 5.91 Å². The van der Waals surface area contributed by atoms with Crippen molar-refractivity contribution in [3.05, 3.63) is 52.9 Å². The fourth-order valence-corrected chi connectivity index (χ4v) is 3.01. The Morgan fingerprint density at radius 1 is 1.13 bits per heavy atom. The first kappa shape index (κ1) is 15.7. The first-order chi connectivity index (χ1) is 11.1. The van der Waals surface area contributed by atoms with Crippen molar-refractivity contribution in [3.8, 4) is 0 Å². The number of rotatable bonds is 4. The van der Waals surface area contributed by atoms with Gasteiger partial charge in [-0.25, -0.2) is 0 Å². The summed E-state index contributed by atoms with van der Waals surface area (Å²) in [6, 6.07) is 10.5. The predicted octanol–water partition coefficient (Wildman–Crippen LogP) is 2.18. The summed E-state index contributed by atoms with van der Waals surface area (Å²) < 4.78 is 5.14. The van der Waals surface area contributed by atoms with Gasteiger partial charge in [-0.05, 0) is 19.4 Å². The SMILES string of the molecule is Cc1noc(C)c1CC(=O)N1CCN(Cc2ccccc2)CC1. The summed E-state index contributed by atoms with van der Waals surface area (Å²) in [5.74, 6) is 0.914. The van der Waals surface area contributed by atoms with Crippen LogP contribution in [-0.2, 0) is 17.8 Å². The molecule has 1 aromatic heterocycles. The number of hydrogen-bond donors (Lipinski definition) is 0. The lowest BCUT2D eigenvalue weighted by Gasteiger charge is -2.34. The second-order valence-corrected chi connectivity index (χ2v) is 6.12. The second-order valence-electron chi connectivity index (χ2n) is 6.12. The number of nitrogens with zero attached hydrogens (tertiary/aromatic N) is 3. The first-order valence-corrected chi connectivity index (χ1v) is 8.09.